The molecule has 0 saturated carbocycles. The van der Waals surface area contributed by atoms with Gasteiger partial charge in [-0.25, -0.2) is 8.42 Å². The van der Waals surface area contributed by atoms with Gasteiger partial charge in [0.25, 0.3) is 5.91 Å². The van der Waals surface area contributed by atoms with Gasteiger partial charge in [-0.3, -0.25) is 14.4 Å². The molecular weight excluding hydrogens is 458 g/mol. The van der Waals surface area contributed by atoms with E-state index in [1.54, 1.807) is 43.3 Å². The molecule has 9 nitrogen and oxygen atoms in total. The van der Waals surface area contributed by atoms with Gasteiger partial charge in [0.05, 0.1) is 16.3 Å². The summed E-state index contributed by atoms with van der Waals surface area (Å²) in [6, 6.07) is 11.9. The van der Waals surface area contributed by atoms with Crippen LogP contribution in [0.25, 0.3) is 0 Å². The number of hydrogen-bond acceptors (Lipinski definition) is 6. The largest absolute Gasteiger partial charge is 0.454 e. The summed E-state index contributed by atoms with van der Waals surface area (Å²) in [5.74, 6) is -1.46. The van der Waals surface area contributed by atoms with E-state index in [4.69, 9.17) is 4.74 Å². The number of carbonyl (C=O) groups is 3. The van der Waals surface area contributed by atoms with Crippen LogP contribution in [0.3, 0.4) is 0 Å². The van der Waals surface area contributed by atoms with Gasteiger partial charge in [0.15, 0.2) is 6.61 Å². The minimum atomic E-state index is -3.88. The second-order valence-electron chi connectivity index (χ2n) is 8.58. The zero-order chi connectivity index (χ0) is 24.5. The molecule has 1 fully saturated rings. The number of esters is 1. The quantitative estimate of drug-likeness (QED) is 0.651. The summed E-state index contributed by atoms with van der Waals surface area (Å²) in [7, 11) is -3.88. The summed E-state index contributed by atoms with van der Waals surface area (Å²) in [4.78, 5) is 39.6. The van der Waals surface area contributed by atoms with Crippen LogP contribution in [0, 0.1) is 6.92 Å². The first kappa shape index (κ1) is 23.9. The van der Waals surface area contributed by atoms with Gasteiger partial charge in [0.2, 0.25) is 15.9 Å². The molecule has 2 atom stereocenters. The zero-order valence-electron chi connectivity index (χ0n) is 19.1. The third kappa shape index (κ3) is 4.69. The van der Waals surface area contributed by atoms with Crippen LogP contribution in [0.2, 0.25) is 0 Å². The number of sulfonamides is 1. The lowest BCUT2D eigenvalue weighted by Crippen LogP contribution is -2.44. The highest BCUT2D eigenvalue weighted by molar-refractivity contribution is 7.89. The van der Waals surface area contributed by atoms with Crippen LogP contribution in [0.1, 0.15) is 31.7 Å². The number of carbonyl (C=O) groups excluding carboxylic acids is 3. The number of para-hydroxylation sites is 2. The van der Waals surface area contributed by atoms with Gasteiger partial charge < -0.3 is 15.0 Å². The molecule has 34 heavy (non-hydrogen) atoms. The van der Waals surface area contributed by atoms with Crippen LogP contribution in [0.15, 0.2) is 53.4 Å². The van der Waals surface area contributed by atoms with E-state index in [2.05, 4.69) is 5.32 Å². The Hall–Kier alpha value is -3.24. The summed E-state index contributed by atoms with van der Waals surface area (Å²) in [6.07, 6.45) is 0.933. The van der Waals surface area contributed by atoms with Gasteiger partial charge >= 0.3 is 5.97 Å². The number of nitrogens with zero attached hydrogens (tertiary/aromatic N) is 2. The maximum absolute atomic E-state index is 13.1. The van der Waals surface area contributed by atoms with E-state index in [0.29, 0.717) is 24.2 Å². The number of nitrogens with one attached hydrogen (secondary N) is 1. The number of rotatable bonds is 5. The van der Waals surface area contributed by atoms with Crippen molar-refractivity contribution >= 4 is 39.2 Å². The van der Waals surface area contributed by atoms with Gasteiger partial charge in [0, 0.05) is 19.0 Å². The number of amides is 2. The van der Waals surface area contributed by atoms with Crippen LogP contribution in [-0.2, 0) is 29.1 Å². The SMILES string of the molecule is Cc1ccc(S(=O)(=O)N2CCCC2C(=O)OCC(=O)N2c3ccccc3NC(=O)CC2C)cc1. The maximum Gasteiger partial charge on any atom is 0.324 e. The Morgan fingerprint density at radius 2 is 1.82 bits per heavy atom. The van der Waals surface area contributed by atoms with E-state index in [9.17, 15) is 22.8 Å². The first-order chi connectivity index (χ1) is 16.2. The van der Waals surface area contributed by atoms with Crippen molar-refractivity contribution in [1.82, 2.24) is 4.31 Å². The Kier molecular flexibility index (Phi) is 6.72. The molecule has 4 rings (SSSR count). The fourth-order valence-corrected chi connectivity index (χ4v) is 6.02. The highest BCUT2D eigenvalue weighted by Gasteiger charge is 2.41. The van der Waals surface area contributed by atoms with Gasteiger partial charge in [-0.15, -0.1) is 0 Å². The monoisotopic (exact) mass is 485 g/mol. The molecule has 180 valence electrons. The normalized spacial score (nSPS) is 20.9. The predicted molar refractivity (Wildman–Crippen MR) is 126 cm³/mol. The van der Waals surface area contributed by atoms with E-state index in [1.165, 1.54) is 17.0 Å². The van der Waals surface area contributed by atoms with Crippen molar-refractivity contribution in [2.24, 2.45) is 0 Å². The molecule has 2 aromatic carbocycles. The van der Waals surface area contributed by atoms with Crippen molar-refractivity contribution in [2.45, 2.75) is 50.1 Å². The van der Waals surface area contributed by atoms with E-state index in [1.807, 2.05) is 6.92 Å². The van der Waals surface area contributed by atoms with Crippen LogP contribution in [0.4, 0.5) is 11.4 Å². The molecule has 2 aliphatic rings. The summed E-state index contributed by atoms with van der Waals surface area (Å²) in [5.41, 5.74) is 1.95. The minimum absolute atomic E-state index is 0.0968. The van der Waals surface area contributed by atoms with Crippen molar-refractivity contribution in [3.05, 3.63) is 54.1 Å². The van der Waals surface area contributed by atoms with Gasteiger partial charge in [-0.2, -0.15) is 4.31 Å². The molecule has 2 unspecified atom stereocenters. The number of hydrogen-bond donors (Lipinski definition) is 1. The molecule has 1 N–H and O–H groups in total. The maximum atomic E-state index is 13.1. The molecule has 0 radical (unpaired) electrons. The highest BCUT2D eigenvalue weighted by Crippen LogP contribution is 2.32. The van der Waals surface area contributed by atoms with Crippen LogP contribution in [0.5, 0.6) is 0 Å². The fraction of sp³-hybridized carbons (Fsp3) is 0.375. The average Bonchev–Trinajstić information content (AvgIpc) is 3.25. The molecule has 0 aliphatic carbocycles. The van der Waals surface area contributed by atoms with Crippen LogP contribution >= 0.6 is 0 Å². The van der Waals surface area contributed by atoms with Gasteiger partial charge in [-0.1, -0.05) is 29.8 Å². The summed E-state index contributed by atoms with van der Waals surface area (Å²) < 4.78 is 32.7. The zero-order valence-corrected chi connectivity index (χ0v) is 19.9. The van der Waals surface area contributed by atoms with Crippen LogP contribution < -0.4 is 10.2 Å². The summed E-state index contributed by atoms with van der Waals surface area (Å²) >= 11 is 0. The topological polar surface area (TPSA) is 113 Å². The first-order valence-corrected chi connectivity index (χ1v) is 12.6. The van der Waals surface area contributed by atoms with Gasteiger partial charge in [-0.05, 0) is 51.0 Å². The number of anilines is 2. The Bertz CT molecular complexity index is 1210. The van der Waals surface area contributed by atoms with E-state index in [0.717, 1.165) is 9.87 Å². The average molecular weight is 486 g/mol. The standard InChI is InChI=1S/C24H27N3O6S/c1-16-9-11-18(12-10-16)34(31,32)26-13-5-8-21(26)24(30)33-15-23(29)27-17(2)14-22(28)25-19-6-3-4-7-20(19)27/h3-4,6-7,9-12,17,21H,5,8,13-15H2,1-2H3,(H,25,28). The van der Waals surface area contributed by atoms with Crippen molar-refractivity contribution < 1.29 is 27.5 Å². The lowest BCUT2D eigenvalue weighted by molar-refractivity contribution is -0.151. The second-order valence-corrected chi connectivity index (χ2v) is 10.5. The Labute approximate surface area is 198 Å². The molecule has 1 saturated heterocycles. The molecule has 10 heteroatoms. The number of aryl methyl sites for hydroxylation is 1. The number of fused-ring (bicyclic) bond motifs is 1. The molecule has 0 spiro atoms. The molecule has 2 aromatic rings. The van der Waals surface area contributed by atoms with E-state index >= 15 is 0 Å². The predicted octanol–water partition coefficient (Wildman–Crippen LogP) is 2.46. The minimum Gasteiger partial charge on any atom is -0.454 e. The number of ether oxygens (including phenoxy) is 1. The van der Waals surface area contributed by atoms with Crippen molar-refractivity contribution in [1.29, 1.82) is 0 Å². The first-order valence-electron chi connectivity index (χ1n) is 11.1. The molecule has 0 aromatic heterocycles. The molecule has 0 bridgehead atoms. The Morgan fingerprint density at radius 1 is 1.12 bits per heavy atom. The third-order valence-electron chi connectivity index (χ3n) is 6.07. The van der Waals surface area contributed by atoms with Gasteiger partial charge in [0.1, 0.15) is 6.04 Å². The fourth-order valence-electron chi connectivity index (χ4n) is 4.38. The lowest BCUT2D eigenvalue weighted by atomic mass is 10.1. The van der Waals surface area contributed by atoms with E-state index in [-0.39, 0.29) is 23.8 Å². The molecule has 2 heterocycles. The van der Waals surface area contributed by atoms with Crippen LogP contribution in [-0.4, -0.2) is 55.7 Å². The number of benzene rings is 2. The molecule has 2 amide bonds. The molecular formula is C24H27N3O6S. The second kappa shape index (κ2) is 9.55. The van der Waals surface area contributed by atoms with Crippen molar-refractivity contribution in [3.8, 4) is 0 Å². The summed E-state index contributed by atoms with van der Waals surface area (Å²) in [6.45, 7) is 3.25. The molecule has 2 aliphatic heterocycles. The lowest BCUT2D eigenvalue weighted by Gasteiger charge is -2.28. The van der Waals surface area contributed by atoms with E-state index < -0.39 is 40.6 Å². The third-order valence-corrected chi connectivity index (χ3v) is 7.99. The summed E-state index contributed by atoms with van der Waals surface area (Å²) in [5, 5.41) is 2.77. The Balaban J connectivity index is 1.47. The van der Waals surface area contributed by atoms with Crippen molar-refractivity contribution in [3.63, 3.8) is 0 Å². The highest BCUT2D eigenvalue weighted by atomic mass is 32.2. The Morgan fingerprint density at radius 3 is 2.56 bits per heavy atom. The smallest absolute Gasteiger partial charge is 0.324 e. The van der Waals surface area contributed by atoms with Crippen molar-refractivity contribution in [2.75, 3.05) is 23.4 Å².